The molecule has 0 aliphatic rings. The number of nitrogens with one attached hydrogen (secondary N) is 2. The molecule has 0 aliphatic carbocycles. The second-order valence-corrected chi connectivity index (χ2v) is 7.88. The van der Waals surface area contributed by atoms with Gasteiger partial charge in [0.1, 0.15) is 11.5 Å². The van der Waals surface area contributed by atoms with Gasteiger partial charge in [0, 0.05) is 30.3 Å². The summed E-state index contributed by atoms with van der Waals surface area (Å²) < 4.78 is 10.9. The van der Waals surface area contributed by atoms with Crippen molar-refractivity contribution < 1.29 is 23.9 Å². The third kappa shape index (κ3) is 7.20. The first-order chi connectivity index (χ1) is 16.3. The average Bonchev–Trinajstić information content (AvgIpc) is 2.78. The van der Waals surface area contributed by atoms with Gasteiger partial charge in [0.25, 0.3) is 5.91 Å². The van der Waals surface area contributed by atoms with Crippen LogP contribution in [0.5, 0.6) is 11.5 Å². The molecule has 0 aromatic heterocycles. The van der Waals surface area contributed by atoms with E-state index in [0.29, 0.717) is 42.1 Å². The molecule has 7 heteroatoms. The highest BCUT2D eigenvalue weighted by Crippen LogP contribution is 2.23. The number of ether oxygens (including phenoxy) is 2. The Morgan fingerprint density at radius 2 is 1.47 bits per heavy atom. The van der Waals surface area contributed by atoms with Crippen molar-refractivity contribution in [3.63, 3.8) is 0 Å². The number of aryl methyl sites for hydroxylation is 2. The minimum Gasteiger partial charge on any atom is -0.493 e. The summed E-state index contributed by atoms with van der Waals surface area (Å²) >= 11 is 0. The van der Waals surface area contributed by atoms with Gasteiger partial charge in [0.15, 0.2) is 0 Å². The topological polar surface area (TPSA) is 93.7 Å². The van der Waals surface area contributed by atoms with Crippen molar-refractivity contribution in [3.05, 3.63) is 83.4 Å². The van der Waals surface area contributed by atoms with Gasteiger partial charge in [-0.15, -0.1) is 0 Å². The Bertz CT molecular complexity index is 1170. The van der Waals surface area contributed by atoms with Crippen LogP contribution in [-0.2, 0) is 9.59 Å². The summed E-state index contributed by atoms with van der Waals surface area (Å²) in [5, 5.41) is 5.63. The van der Waals surface area contributed by atoms with Gasteiger partial charge >= 0.3 is 5.97 Å². The van der Waals surface area contributed by atoms with Crippen molar-refractivity contribution in [2.24, 2.45) is 0 Å². The lowest BCUT2D eigenvalue weighted by Gasteiger charge is -2.12. The fourth-order valence-electron chi connectivity index (χ4n) is 3.40. The van der Waals surface area contributed by atoms with E-state index >= 15 is 0 Å². The summed E-state index contributed by atoms with van der Waals surface area (Å²) in [7, 11) is 0. The predicted molar refractivity (Wildman–Crippen MR) is 131 cm³/mol. The fraction of sp³-hybridized carbons (Fsp3) is 0.222. The highest BCUT2D eigenvalue weighted by atomic mass is 16.5. The Morgan fingerprint density at radius 3 is 2.18 bits per heavy atom. The lowest BCUT2D eigenvalue weighted by atomic mass is 10.1. The van der Waals surface area contributed by atoms with Crippen LogP contribution in [0.25, 0.3) is 0 Å². The number of hydrogen-bond donors (Lipinski definition) is 2. The molecule has 0 atom stereocenters. The predicted octanol–water partition coefficient (Wildman–Crippen LogP) is 5.28. The van der Waals surface area contributed by atoms with E-state index < -0.39 is 5.97 Å². The van der Waals surface area contributed by atoms with Crippen LogP contribution in [0, 0.1) is 13.8 Å². The van der Waals surface area contributed by atoms with E-state index in [-0.39, 0.29) is 11.8 Å². The van der Waals surface area contributed by atoms with Gasteiger partial charge in [-0.05, 0) is 67.8 Å². The molecule has 0 heterocycles. The van der Waals surface area contributed by atoms with Crippen LogP contribution in [0.4, 0.5) is 11.4 Å². The van der Waals surface area contributed by atoms with E-state index in [1.54, 1.807) is 42.5 Å². The van der Waals surface area contributed by atoms with Gasteiger partial charge in [-0.3, -0.25) is 14.4 Å². The molecule has 0 aliphatic heterocycles. The summed E-state index contributed by atoms with van der Waals surface area (Å²) in [4.78, 5) is 36.0. The normalized spacial score (nSPS) is 10.3. The lowest BCUT2D eigenvalue weighted by Crippen LogP contribution is -2.14. The number of anilines is 2. The minimum atomic E-state index is -0.460. The molecule has 34 heavy (non-hydrogen) atoms. The van der Waals surface area contributed by atoms with E-state index in [4.69, 9.17) is 9.47 Å². The maximum Gasteiger partial charge on any atom is 0.308 e. The number of carbonyl (C=O) groups is 3. The monoisotopic (exact) mass is 460 g/mol. The summed E-state index contributed by atoms with van der Waals surface area (Å²) in [6.07, 6.45) is 0.888. The standard InChI is InChI=1S/C27H28N2O5/c1-18-8-4-9-19(2)26(18)33-15-7-14-25(31)28-22-11-6-12-23(17-22)29-27(32)21-10-5-13-24(16-21)34-20(3)30/h4-6,8-13,16-17H,7,14-15H2,1-3H3,(H,28,31)(H,29,32). The minimum absolute atomic E-state index is 0.136. The molecule has 2 amide bonds. The smallest absolute Gasteiger partial charge is 0.308 e. The number of esters is 1. The van der Waals surface area contributed by atoms with Crippen LogP contribution < -0.4 is 20.1 Å². The first-order valence-electron chi connectivity index (χ1n) is 11.0. The van der Waals surface area contributed by atoms with Crippen molar-refractivity contribution in [1.29, 1.82) is 0 Å². The summed E-state index contributed by atoms with van der Waals surface area (Å²) in [5.41, 5.74) is 3.59. The van der Waals surface area contributed by atoms with Crippen molar-refractivity contribution in [1.82, 2.24) is 0 Å². The number of carbonyl (C=O) groups excluding carboxylic acids is 3. The molecule has 3 aromatic rings. The molecular weight excluding hydrogens is 432 g/mol. The number of para-hydroxylation sites is 1. The zero-order chi connectivity index (χ0) is 24.5. The van der Waals surface area contributed by atoms with Gasteiger partial charge in [0.05, 0.1) is 6.61 Å². The molecule has 176 valence electrons. The van der Waals surface area contributed by atoms with E-state index in [1.807, 2.05) is 32.0 Å². The number of amides is 2. The lowest BCUT2D eigenvalue weighted by molar-refractivity contribution is -0.131. The highest BCUT2D eigenvalue weighted by molar-refractivity contribution is 6.05. The molecular formula is C27H28N2O5. The second-order valence-electron chi connectivity index (χ2n) is 7.88. The first-order valence-corrected chi connectivity index (χ1v) is 11.0. The van der Waals surface area contributed by atoms with Gasteiger partial charge in [-0.2, -0.15) is 0 Å². The van der Waals surface area contributed by atoms with Crippen LogP contribution in [0.3, 0.4) is 0 Å². The molecule has 0 saturated carbocycles. The van der Waals surface area contributed by atoms with Gasteiger partial charge < -0.3 is 20.1 Å². The molecule has 2 N–H and O–H groups in total. The quantitative estimate of drug-likeness (QED) is 0.257. The third-order valence-electron chi connectivity index (χ3n) is 4.97. The van der Waals surface area contributed by atoms with E-state index in [2.05, 4.69) is 10.6 Å². The Labute approximate surface area is 199 Å². The molecule has 0 radical (unpaired) electrons. The number of rotatable bonds is 9. The molecule has 0 spiro atoms. The largest absolute Gasteiger partial charge is 0.493 e. The summed E-state index contributed by atoms with van der Waals surface area (Å²) in [6, 6.07) is 19.2. The second kappa shape index (κ2) is 11.7. The average molecular weight is 461 g/mol. The molecule has 7 nitrogen and oxygen atoms in total. The van der Waals surface area contributed by atoms with Crippen molar-refractivity contribution >= 4 is 29.2 Å². The van der Waals surface area contributed by atoms with Crippen LogP contribution in [0.1, 0.15) is 41.3 Å². The molecule has 0 saturated heterocycles. The first kappa shape index (κ1) is 24.5. The summed E-state index contributed by atoms with van der Waals surface area (Å²) in [5.74, 6) is 0.203. The van der Waals surface area contributed by atoms with Crippen molar-refractivity contribution in [2.75, 3.05) is 17.2 Å². The van der Waals surface area contributed by atoms with Crippen LogP contribution in [-0.4, -0.2) is 24.4 Å². The van der Waals surface area contributed by atoms with Gasteiger partial charge in [-0.1, -0.05) is 30.3 Å². The summed E-state index contributed by atoms with van der Waals surface area (Å²) in [6.45, 7) is 5.74. The Morgan fingerprint density at radius 1 is 0.824 bits per heavy atom. The van der Waals surface area contributed by atoms with E-state index in [1.165, 1.54) is 13.0 Å². The number of benzene rings is 3. The maximum atomic E-state index is 12.6. The Balaban J connectivity index is 1.50. The molecule has 0 bridgehead atoms. The zero-order valence-electron chi connectivity index (χ0n) is 19.5. The Kier molecular flexibility index (Phi) is 8.40. The molecule has 0 fully saturated rings. The van der Waals surface area contributed by atoms with Gasteiger partial charge in [-0.25, -0.2) is 0 Å². The SMILES string of the molecule is CC(=O)Oc1cccc(C(=O)Nc2cccc(NC(=O)CCCOc3c(C)cccc3C)c2)c1. The molecule has 0 unspecified atom stereocenters. The van der Waals surface area contributed by atoms with Crippen LogP contribution in [0.15, 0.2) is 66.7 Å². The Hall–Kier alpha value is -4.13. The maximum absolute atomic E-state index is 12.6. The van der Waals surface area contributed by atoms with Crippen molar-refractivity contribution in [3.8, 4) is 11.5 Å². The van der Waals surface area contributed by atoms with E-state index in [9.17, 15) is 14.4 Å². The molecule has 3 aromatic carbocycles. The molecule has 3 rings (SSSR count). The number of hydrogen-bond acceptors (Lipinski definition) is 5. The fourth-order valence-corrected chi connectivity index (χ4v) is 3.40. The van der Waals surface area contributed by atoms with Crippen molar-refractivity contribution in [2.45, 2.75) is 33.6 Å². The zero-order valence-corrected chi connectivity index (χ0v) is 19.5. The highest BCUT2D eigenvalue weighted by Gasteiger charge is 2.10. The van der Waals surface area contributed by atoms with Crippen LogP contribution in [0.2, 0.25) is 0 Å². The third-order valence-corrected chi connectivity index (χ3v) is 4.97. The van der Waals surface area contributed by atoms with Gasteiger partial charge in [0.2, 0.25) is 5.91 Å². The van der Waals surface area contributed by atoms with Crippen LogP contribution >= 0.6 is 0 Å². The van der Waals surface area contributed by atoms with E-state index in [0.717, 1.165) is 16.9 Å².